The minimum atomic E-state index is -1.12. The number of carbonyl (C=O) groups is 1. The first kappa shape index (κ1) is 10.3. The Morgan fingerprint density at radius 1 is 1.69 bits per heavy atom. The highest BCUT2D eigenvalue weighted by atomic mass is 79.9. The molecule has 0 aromatic heterocycles. The Hall–Kier alpha value is -0.740. The highest BCUT2D eigenvalue weighted by Gasteiger charge is 2.17. The summed E-state index contributed by atoms with van der Waals surface area (Å²) >= 11 is 8.91. The average molecular weight is 265 g/mol. The summed E-state index contributed by atoms with van der Waals surface area (Å²) in [5.74, 6) is -1.12. The van der Waals surface area contributed by atoms with Gasteiger partial charge in [-0.2, -0.15) is 0 Å². The molecule has 0 fully saturated rings. The molecule has 1 aromatic carbocycles. The summed E-state index contributed by atoms with van der Waals surface area (Å²) in [5.41, 5.74) is 6.42. The van der Waals surface area contributed by atoms with Gasteiger partial charge in [-0.15, -0.1) is 0 Å². The number of anilines is 1. The number of hydrogen-bond donors (Lipinski definition) is 2. The zero-order chi connectivity index (χ0) is 10.2. The molecular weight excluding hydrogens is 257 g/mol. The minimum Gasteiger partial charge on any atom is -0.478 e. The first-order chi connectivity index (χ1) is 5.95. The molecule has 0 heterocycles. The van der Waals surface area contributed by atoms with Crippen LogP contribution in [0.1, 0.15) is 15.9 Å². The number of halogens is 2. The van der Waals surface area contributed by atoms with Crippen molar-refractivity contribution >= 4 is 39.2 Å². The molecule has 0 radical (unpaired) electrons. The molecule has 0 saturated heterocycles. The van der Waals surface area contributed by atoms with E-state index in [9.17, 15) is 4.79 Å². The molecule has 0 unspecified atom stereocenters. The number of nitrogen functional groups attached to an aromatic ring is 1. The van der Waals surface area contributed by atoms with E-state index in [2.05, 4.69) is 15.9 Å². The van der Waals surface area contributed by atoms with Gasteiger partial charge in [-0.3, -0.25) is 0 Å². The van der Waals surface area contributed by atoms with Crippen LogP contribution in [-0.4, -0.2) is 11.1 Å². The number of carboxylic acids is 1. The quantitative estimate of drug-likeness (QED) is 0.767. The molecule has 0 atom stereocenters. The van der Waals surface area contributed by atoms with Crippen molar-refractivity contribution in [3.63, 3.8) is 0 Å². The number of aryl methyl sites for hydroxylation is 1. The Balaban J connectivity index is 3.56. The molecule has 1 rings (SSSR count). The Morgan fingerprint density at radius 2 is 2.23 bits per heavy atom. The van der Waals surface area contributed by atoms with Crippen LogP contribution in [0.3, 0.4) is 0 Å². The maximum Gasteiger partial charge on any atom is 0.339 e. The second-order valence-corrected chi connectivity index (χ2v) is 3.82. The first-order valence-corrected chi connectivity index (χ1v) is 4.59. The van der Waals surface area contributed by atoms with Crippen molar-refractivity contribution in [2.45, 2.75) is 6.92 Å². The van der Waals surface area contributed by atoms with E-state index in [-0.39, 0.29) is 16.3 Å². The van der Waals surface area contributed by atoms with E-state index in [1.807, 2.05) is 0 Å². The van der Waals surface area contributed by atoms with Gasteiger partial charge >= 0.3 is 5.97 Å². The molecule has 13 heavy (non-hydrogen) atoms. The van der Waals surface area contributed by atoms with E-state index in [4.69, 9.17) is 22.4 Å². The predicted molar refractivity (Wildman–Crippen MR) is 55.3 cm³/mol. The van der Waals surface area contributed by atoms with Crippen LogP contribution in [-0.2, 0) is 0 Å². The number of hydrogen-bond acceptors (Lipinski definition) is 2. The van der Waals surface area contributed by atoms with Gasteiger partial charge in [-0.1, -0.05) is 11.6 Å². The fourth-order valence-electron chi connectivity index (χ4n) is 0.975. The van der Waals surface area contributed by atoms with E-state index < -0.39 is 5.97 Å². The van der Waals surface area contributed by atoms with Crippen LogP contribution in [0.15, 0.2) is 10.5 Å². The van der Waals surface area contributed by atoms with Gasteiger partial charge in [0.1, 0.15) is 5.56 Å². The lowest BCUT2D eigenvalue weighted by Crippen LogP contribution is -2.05. The van der Waals surface area contributed by atoms with Gasteiger partial charge < -0.3 is 10.8 Å². The lowest BCUT2D eigenvalue weighted by Gasteiger charge is -2.08. The van der Waals surface area contributed by atoms with Gasteiger partial charge in [0.2, 0.25) is 0 Å². The number of nitrogens with two attached hydrogens (primary N) is 1. The summed E-state index contributed by atoms with van der Waals surface area (Å²) in [5, 5.41) is 8.94. The first-order valence-electron chi connectivity index (χ1n) is 3.42. The SMILES string of the molecule is Cc1cc(Br)c(Cl)c(C(=O)O)c1N. The maximum absolute atomic E-state index is 10.8. The lowest BCUT2D eigenvalue weighted by atomic mass is 10.1. The molecule has 3 N–H and O–H groups in total. The van der Waals surface area contributed by atoms with Crippen molar-refractivity contribution in [3.8, 4) is 0 Å². The van der Waals surface area contributed by atoms with Crippen molar-refractivity contribution in [1.29, 1.82) is 0 Å². The number of aromatic carboxylic acids is 1. The second-order valence-electron chi connectivity index (χ2n) is 2.58. The van der Waals surface area contributed by atoms with Crippen LogP contribution in [0.25, 0.3) is 0 Å². The summed E-state index contributed by atoms with van der Waals surface area (Å²) in [6, 6.07) is 1.68. The van der Waals surface area contributed by atoms with Gasteiger partial charge in [-0.25, -0.2) is 4.79 Å². The fraction of sp³-hybridized carbons (Fsp3) is 0.125. The van der Waals surface area contributed by atoms with Crippen LogP contribution in [0.5, 0.6) is 0 Å². The van der Waals surface area contributed by atoms with E-state index in [0.29, 0.717) is 10.0 Å². The van der Waals surface area contributed by atoms with E-state index >= 15 is 0 Å². The smallest absolute Gasteiger partial charge is 0.339 e. The number of benzene rings is 1. The fourth-order valence-corrected chi connectivity index (χ4v) is 1.75. The van der Waals surface area contributed by atoms with Crippen molar-refractivity contribution in [1.82, 2.24) is 0 Å². The minimum absolute atomic E-state index is 0.0476. The van der Waals surface area contributed by atoms with Gasteiger partial charge in [0.05, 0.1) is 10.7 Å². The average Bonchev–Trinajstić information content (AvgIpc) is 2.01. The molecule has 0 aliphatic rings. The van der Waals surface area contributed by atoms with Crippen LogP contribution in [0.2, 0.25) is 5.02 Å². The largest absolute Gasteiger partial charge is 0.478 e. The normalized spacial score (nSPS) is 10.1. The van der Waals surface area contributed by atoms with Crippen molar-refractivity contribution in [3.05, 3.63) is 26.7 Å². The van der Waals surface area contributed by atoms with Crippen molar-refractivity contribution in [2.75, 3.05) is 5.73 Å². The number of carboxylic acid groups (broad SMARTS) is 1. The Bertz CT molecular complexity index is 353. The van der Waals surface area contributed by atoms with E-state index in [1.165, 1.54) is 0 Å². The van der Waals surface area contributed by atoms with Crippen LogP contribution >= 0.6 is 27.5 Å². The Morgan fingerprint density at radius 3 is 2.69 bits per heavy atom. The topological polar surface area (TPSA) is 63.3 Å². The lowest BCUT2D eigenvalue weighted by molar-refractivity contribution is 0.0698. The number of rotatable bonds is 1. The van der Waals surface area contributed by atoms with Gasteiger partial charge in [-0.05, 0) is 34.5 Å². The summed E-state index contributed by atoms with van der Waals surface area (Å²) in [4.78, 5) is 10.8. The molecule has 0 spiro atoms. The molecule has 0 aliphatic carbocycles. The third-order valence-electron chi connectivity index (χ3n) is 1.68. The van der Waals surface area contributed by atoms with Gasteiger partial charge in [0.15, 0.2) is 0 Å². The zero-order valence-electron chi connectivity index (χ0n) is 6.77. The van der Waals surface area contributed by atoms with Crippen LogP contribution in [0.4, 0.5) is 5.69 Å². The third kappa shape index (κ3) is 1.78. The molecule has 0 aliphatic heterocycles. The van der Waals surface area contributed by atoms with Crippen LogP contribution in [0, 0.1) is 6.92 Å². The highest BCUT2D eigenvalue weighted by molar-refractivity contribution is 9.10. The third-order valence-corrected chi connectivity index (χ3v) is 2.93. The summed E-state index contributed by atoms with van der Waals surface area (Å²) in [6.45, 7) is 1.73. The molecule has 70 valence electrons. The van der Waals surface area contributed by atoms with Gasteiger partial charge in [0, 0.05) is 4.47 Å². The molecule has 0 saturated carbocycles. The zero-order valence-corrected chi connectivity index (χ0v) is 9.11. The summed E-state index contributed by atoms with van der Waals surface area (Å²) in [7, 11) is 0. The molecule has 0 bridgehead atoms. The molecule has 1 aromatic rings. The summed E-state index contributed by atoms with van der Waals surface area (Å²) < 4.78 is 0.540. The van der Waals surface area contributed by atoms with E-state index in [1.54, 1.807) is 13.0 Å². The van der Waals surface area contributed by atoms with Crippen molar-refractivity contribution in [2.24, 2.45) is 0 Å². The van der Waals surface area contributed by atoms with Crippen LogP contribution < -0.4 is 5.73 Å². The standard InChI is InChI=1S/C8H7BrClNO2/c1-3-2-4(9)6(10)5(7(3)11)8(12)13/h2H,11H2,1H3,(H,12,13). The summed E-state index contributed by atoms with van der Waals surface area (Å²) in [6.07, 6.45) is 0. The monoisotopic (exact) mass is 263 g/mol. The van der Waals surface area contributed by atoms with Crippen molar-refractivity contribution < 1.29 is 9.90 Å². The van der Waals surface area contributed by atoms with Gasteiger partial charge in [0.25, 0.3) is 0 Å². The highest BCUT2D eigenvalue weighted by Crippen LogP contribution is 2.32. The molecule has 3 nitrogen and oxygen atoms in total. The Labute approximate surface area is 88.6 Å². The molecule has 0 amide bonds. The molecular formula is C8H7BrClNO2. The predicted octanol–water partition coefficient (Wildman–Crippen LogP) is 2.69. The Kier molecular flexibility index (Phi) is 2.83. The van der Waals surface area contributed by atoms with E-state index in [0.717, 1.165) is 0 Å². The maximum atomic E-state index is 10.8. The second kappa shape index (κ2) is 3.55. The molecule has 5 heteroatoms.